The number of hydrogen-bond acceptors (Lipinski definition) is 4. The van der Waals surface area contributed by atoms with Gasteiger partial charge in [-0.3, -0.25) is 0 Å². The minimum atomic E-state index is -5.08. The van der Waals surface area contributed by atoms with Crippen LogP contribution in [0.5, 0.6) is 0 Å². The predicted molar refractivity (Wildman–Crippen MR) is 106 cm³/mol. The largest absolute Gasteiger partial charge is 0.490 e. The van der Waals surface area contributed by atoms with E-state index in [0.717, 1.165) is 9.13 Å². The molecule has 158 valence electrons. The zero-order chi connectivity index (χ0) is 21.9. The molecule has 0 spiro atoms. The second kappa shape index (κ2) is 8.96. The molecule has 0 radical (unpaired) electrons. The zero-order valence-corrected chi connectivity index (χ0v) is 17.7. The first kappa shape index (κ1) is 23.5. The lowest BCUT2D eigenvalue weighted by Gasteiger charge is -2.29. The number of carbonyl (C=O) groups is 1. The summed E-state index contributed by atoms with van der Waals surface area (Å²) in [5.74, 6) is -3.20. The second-order valence-electron chi connectivity index (χ2n) is 6.19. The van der Waals surface area contributed by atoms with Gasteiger partial charge in [0.25, 0.3) is 0 Å². The molecule has 2 aromatic rings. The van der Waals surface area contributed by atoms with Crippen molar-refractivity contribution in [1.29, 1.82) is 0 Å². The SMILES string of the molecule is O=C(O)C(F)(F)F.O=S(=O)(c1ccc(F)cc1)[C@@]1(c2ccc(I)cc2)CCNC1. The molecule has 3 rings (SSSR count). The molecule has 0 saturated carbocycles. The minimum absolute atomic E-state index is 0.163. The Balaban J connectivity index is 0.000000370. The van der Waals surface area contributed by atoms with E-state index in [9.17, 15) is 26.0 Å². The summed E-state index contributed by atoms with van der Waals surface area (Å²) < 4.78 is 71.3. The number of aliphatic carboxylic acids is 1. The van der Waals surface area contributed by atoms with Gasteiger partial charge in [0.1, 0.15) is 10.6 Å². The van der Waals surface area contributed by atoms with E-state index in [1.54, 1.807) is 0 Å². The van der Waals surface area contributed by atoms with E-state index in [-0.39, 0.29) is 4.90 Å². The Hall–Kier alpha value is -1.73. The van der Waals surface area contributed by atoms with Crippen molar-refractivity contribution in [2.24, 2.45) is 0 Å². The van der Waals surface area contributed by atoms with Gasteiger partial charge < -0.3 is 10.4 Å². The van der Waals surface area contributed by atoms with Crippen LogP contribution in [0.25, 0.3) is 0 Å². The van der Waals surface area contributed by atoms with Gasteiger partial charge in [0.2, 0.25) is 0 Å². The van der Waals surface area contributed by atoms with Gasteiger partial charge >= 0.3 is 12.1 Å². The number of sulfone groups is 1. The molecule has 0 bridgehead atoms. The summed E-state index contributed by atoms with van der Waals surface area (Å²) in [5, 5.41) is 10.3. The Kier molecular flexibility index (Phi) is 7.28. The zero-order valence-electron chi connectivity index (χ0n) is 14.7. The maximum atomic E-state index is 13.2. The molecule has 2 aromatic carbocycles. The molecule has 1 aliphatic rings. The van der Waals surface area contributed by atoms with Crippen LogP contribution in [0.15, 0.2) is 53.4 Å². The van der Waals surface area contributed by atoms with Crippen molar-refractivity contribution < 1.29 is 35.9 Å². The summed E-state index contributed by atoms with van der Waals surface area (Å²) in [6.45, 7) is 1.01. The van der Waals surface area contributed by atoms with Crippen LogP contribution in [0, 0.1) is 9.39 Å². The fraction of sp³-hybridized carbons (Fsp3) is 0.278. The molecule has 0 unspecified atom stereocenters. The number of halogens is 5. The van der Waals surface area contributed by atoms with Crippen LogP contribution in [0.4, 0.5) is 17.6 Å². The molecule has 0 aromatic heterocycles. The summed E-state index contributed by atoms with van der Waals surface area (Å²) in [7, 11) is -3.61. The van der Waals surface area contributed by atoms with Crippen molar-refractivity contribution in [3.63, 3.8) is 0 Å². The van der Waals surface area contributed by atoms with E-state index in [4.69, 9.17) is 9.90 Å². The third-order valence-electron chi connectivity index (χ3n) is 4.37. The van der Waals surface area contributed by atoms with Gasteiger partial charge in [-0.05, 0) is 77.5 Å². The van der Waals surface area contributed by atoms with Gasteiger partial charge in [0.05, 0.1) is 4.90 Å². The Bertz CT molecular complexity index is 955. The van der Waals surface area contributed by atoms with Gasteiger partial charge in [-0.1, -0.05) is 12.1 Å². The van der Waals surface area contributed by atoms with E-state index in [1.807, 2.05) is 24.3 Å². The van der Waals surface area contributed by atoms with Crippen molar-refractivity contribution in [3.05, 3.63) is 63.5 Å². The lowest BCUT2D eigenvalue weighted by atomic mass is 9.97. The van der Waals surface area contributed by atoms with E-state index >= 15 is 0 Å². The van der Waals surface area contributed by atoms with Crippen LogP contribution in [-0.2, 0) is 19.4 Å². The maximum Gasteiger partial charge on any atom is 0.490 e. The quantitative estimate of drug-likeness (QED) is 0.349. The molecule has 2 N–H and O–H groups in total. The summed E-state index contributed by atoms with van der Waals surface area (Å²) in [6.07, 6.45) is -4.58. The average molecular weight is 545 g/mol. The van der Waals surface area contributed by atoms with Crippen LogP contribution in [0.1, 0.15) is 12.0 Å². The highest BCUT2D eigenvalue weighted by molar-refractivity contribution is 14.1. The van der Waals surface area contributed by atoms with E-state index in [0.29, 0.717) is 19.5 Å². The molecular formula is C18H16F4INO4S. The molecule has 0 amide bonds. The third kappa shape index (κ3) is 5.25. The predicted octanol–water partition coefficient (Wildman–Crippen LogP) is 3.73. The molecule has 1 fully saturated rings. The Morgan fingerprint density at radius 3 is 2.00 bits per heavy atom. The normalized spacial score (nSPS) is 19.3. The van der Waals surface area contributed by atoms with Gasteiger partial charge in [-0.15, -0.1) is 0 Å². The number of rotatable bonds is 3. The number of alkyl halides is 3. The van der Waals surface area contributed by atoms with Crippen molar-refractivity contribution in [1.82, 2.24) is 5.32 Å². The molecule has 0 aliphatic carbocycles. The fourth-order valence-electron chi connectivity index (χ4n) is 2.89. The van der Waals surface area contributed by atoms with E-state index in [2.05, 4.69) is 27.9 Å². The monoisotopic (exact) mass is 545 g/mol. The fourth-order valence-corrected chi connectivity index (χ4v) is 5.31. The summed E-state index contributed by atoms with van der Waals surface area (Å²) in [5.41, 5.74) is 0.780. The molecule has 1 saturated heterocycles. The van der Waals surface area contributed by atoms with Crippen molar-refractivity contribution >= 4 is 38.4 Å². The topological polar surface area (TPSA) is 83.5 Å². The molecule has 5 nitrogen and oxygen atoms in total. The Morgan fingerprint density at radius 1 is 1.07 bits per heavy atom. The average Bonchev–Trinajstić information content (AvgIpc) is 3.14. The van der Waals surface area contributed by atoms with Crippen molar-refractivity contribution in [2.45, 2.75) is 22.2 Å². The number of carboxylic acid groups (broad SMARTS) is 1. The third-order valence-corrected chi connectivity index (χ3v) is 7.59. The van der Waals surface area contributed by atoms with Gasteiger partial charge in [-0.25, -0.2) is 17.6 Å². The van der Waals surface area contributed by atoms with Gasteiger partial charge in [0, 0.05) is 10.1 Å². The first-order chi connectivity index (χ1) is 13.4. The number of nitrogens with one attached hydrogen (secondary N) is 1. The summed E-state index contributed by atoms with van der Waals surface area (Å²) >= 11 is 2.19. The van der Waals surface area contributed by atoms with Crippen molar-refractivity contribution in [2.75, 3.05) is 13.1 Å². The molecule has 1 aliphatic heterocycles. The first-order valence-electron chi connectivity index (χ1n) is 8.17. The lowest BCUT2D eigenvalue weighted by molar-refractivity contribution is -0.192. The smallest absolute Gasteiger partial charge is 0.475 e. The highest BCUT2D eigenvalue weighted by atomic mass is 127. The number of benzene rings is 2. The maximum absolute atomic E-state index is 13.2. The summed E-state index contributed by atoms with van der Waals surface area (Å²) in [4.78, 5) is 9.06. The van der Waals surface area contributed by atoms with Gasteiger partial charge in [0.15, 0.2) is 9.84 Å². The highest BCUT2D eigenvalue weighted by Crippen LogP contribution is 2.40. The molecule has 11 heteroatoms. The number of hydrogen-bond donors (Lipinski definition) is 2. The number of carboxylic acids is 1. The Labute approximate surface area is 178 Å². The van der Waals surface area contributed by atoms with Crippen LogP contribution in [0.3, 0.4) is 0 Å². The van der Waals surface area contributed by atoms with E-state index in [1.165, 1.54) is 24.3 Å². The molecule has 29 heavy (non-hydrogen) atoms. The van der Waals surface area contributed by atoms with Crippen LogP contribution in [0.2, 0.25) is 0 Å². The summed E-state index contributed by atoms with van der Waals surface area (Å²) in [6, 6.07) is 12.6. The minimum Gasteiger partial charge on any atom is -0.475 e. The standard InChI is InChI=1S/C16H15FINO2S.C2HF3O2/c17-13-3-7-15(8-4-13)22(20,21)16(9-10-19-11-16)12-1-5-14(18)6-2-12;3-2(4,5)1(6)7/h1-8,19H,9-11H2;(H,6,7)/t16-;/m0./s1. The highest BCUT2D eigenvalue weighted by Gasteiger charge is 2.48. The molecule has 1 atom stereocenters. The van der Waals surface area contributed by atoms with Gasteiger partial charge in [-0.2, -0.15) is 13.2 Å². The Morgan fingerprint density at radius 2 is 1.59 bits per heavy atom. The van der Waals surface area contributed by atoms with Crippen LogP contribution < -0.4 is 5.32 Å². The van der Waals surface area contributed by atoms with E-state index < -0.39 is 32.5 Å². The first-order valence-corrected chi connectivity index (χ1v) is 10.7. The van der Waals surface area contributed by atoms with Crippen LogP contribution >= 0.6 is 22.6 Å². The lowest BCUT2D eigenvalue weighted by Crippen LogP contribution is -2.38. The van der Waals surface area contributed by atoms with Crippen LogP contribution in [-0.4, -0.2) is 38.8 Å². The molecule has 1 heterocycles. The second-order valence-corrected chi connectivity index (χ2v) is 9.69. The molecular weight excluding hydrogens is 529 g/mol. The van der Waals surface area contributed by atoms with Crippen molar-refractivity contribution in [3.8, 4) is 0 Å².